The van der Waals surface area contributed by atoms with Crippen molar-refractivity contribution in [3.05, 3.63) is 32.2 Å². The summed E-state index contributed by atoms with van der Waals surface area (Å²) in [6.45, 7) is 2.73. The third-order valence-corrected chi connectivity index (χ3v) is 3.29. The van der Waals surface area contributed by atoms with Crippen LogP contribution in [0.4, 0.5) is 0 Å². The van der Waals surface area contributed by atoms with Gasteiger partial charge in [0.15, 0.2) is 0 Å². The summed E-state index contributed by atoms with van der Waals surface area (Å²) in [5.41, 5.74) is 4.98. The van der Waals surface area contributed by atoms with Crippen molar-refractivity contribution in [3.8, 4) is 0 Å². The Kier molecular flexibility index (Phi) is 3.71. The van der Waals surface area contributed by atoms with Crippen LogP contribution in [0.2, 0.25) is 0 Å². The van der Waals surface area contributed by atoms with E-state index in [9.17, 15) is 0 Å². The molecule has 0 amide bonds. The highest BCUT2D eigenvalue weighted by molar-refractivity contribution is 9.11. The van der Waals surface area contributed by atoms with E-state index in [0.29, 0.717) is 6.54 Å². The second kappa shape index (κ2) is 4.37. The van der Waals surface area contributed by atoms with Crippen molar-refractivity contribution in [2.75, 3.05) is 0 Å². The van der Waals surface area contributed by atoms with E-state index < -0.39 is 0 Å². The molecule has 0 saturated heterocycles. The number of halogens is 2. The van der Waals surface area contributed by atoms with E-state index >= 15 is 0 Å². The van der Waals surface area contributed by atoms with E-state index in [1.807, 2.05) is 6.92 Å². The highest BCUT2D eigenvalue weighted by Gasteiger charge is 2.01. The standard InChI is InChI=1S/C8H10Br2N2/c1-5-7(9)2-6(4-12-11)3-8(5)10/h2-3,12H,4,11H2,1H3. The molecule has 1 aromatic rings. The molecule has 12 heavy (non-hydrogen) atoms. The molecular weight excluding hydrogens is 284 g/mol. The van der Waals surface area contributed by atoms with Crippen LogP contribution in [0, 0.1) is 6.92 Å². The highest BCUT2D eigenvalue weighted by atomic mass is 79.9. The van der Waals surface area contributed by atoms with Crippen LogP contribution in [-0.2, 0) is 6.54 Å². The fourth-order valence-electron chi connectivity index (χ4n) is 0.918. The van der Waals surface area contributed by atoms with Gasteiger partial charge in [0.25, 0.3) is 0 Å². The number of hydrazine groups is 1. The second-order valence-corrected chi connectivity index (χ2v) is 4.27. The Morgan fingerprint density at radius 3 is 2.25 bits per heavy atom. The Morgan fingerprint density at radius 2 is 1.83 bits per heavy atom. The Morgan fingerprint density at radius 1 is 1.33 bits per heavy atom. The molecule has 0 saturated carbocycles. The van der Waals surface area contributed by atoms with Gasteiger partial charge in [0, 0.05) is 15.5 Å². The molecule has 0 aromatic heterocycles. The van der Waals surface area contributed by atoms with Crippen molar-refractivity contribution < 1.29 is 0 Å². The van der Waals surface area contributed by atoms with Crippen molar-refractivity contribution in [3.63, 3.8) is 0 Å². The van der Waals surface area contributed by atoms with Crippen LogP contribution >= 0.6 is 31.9 Å². The van der Waals surface area contributed by atoms with Gasteiger partial charge in [0.2, 0.25) is 0 Å². The molecule has 1 aromatic carbocycles. The van der Waals surface area contributed by atoms with Crippen LogP contribution in [-0.4, -0.2) is 0 Å². The minimum absolute atomic E-state index is 0.678. The molecule has 0 aliphatic carbocycles. The molecular formula is C8H10Br2N2. The fourth-order valence-corrected chi connectivity index (χ4v) is 2.20. The van der Waals surface area contributed by atoms with Gasteiger partial charge >= 0.3 is 0 Å². The average molecular weight is 294 g/mol. The topological polar surface area (TPSA) is 38.0 Å². The summed E-state index contributed by atoms with van der Waals surface area (Å²) >= 11 is 6.94. The van der Waals surface area contributed by atoms with Crippen LogP contribution in [0.25, 0.3) is 0 Å². The summed E-state index contributed by atoms with van der Waals surface area (Å²) < 4.78 is 2.20. The van der Waals surface area contributed by atoms with E-state index in [-0.39, 0.29) is 0 Å². The molecule has 0 unspecified atom stereocenters. The molecule has 0 radical (unpaired) electrons. The largest absolute Gasteiger partial charge is 0.271 e. The van der Waals surface area contributed by atoms with Crippen molar-refractivity contribution in [1.82, 2.24) is 5.43 Å². The monoisotopic (exact) mass is 292 g/mol. The first kappa shape index (κ1) is 10.2. The fraction of sp³-hybridized carbons (Fsp3) is 0.250. The number of benzene rings is 1. The first-order valence-corrected chi connectivity index (χ1v) is 5.11. The maximum Gasteiger partial charge on any atom is 0.0349 e. The Hall–Kier alpha value is 0.1000. The summed E-state index contributed by atoms with van der Waals surface area (Å²) in [6.07, 6.45) is 0. The van der Waals surface area contributed by atoms with Crippen LogP contribution in [0.1, 0.15) is 11.1 Å². The Labute approximate surface area is 88.8 Å². The molecule has 0 aliphatic rings. The zero-order valence-corrected chi connectivity index (χ0v) is 9.87. The molecule has 0 bridgehead atoms. The van der Waals surface area contributed by atoms with Crippen molar-refractivity contribution in [2.45, 2.75) is 13.5 Å². The number of hydrogen-bond acceptors (Lipinski definition) is 2. The molecule has 1 rings (SSSR count). The first-order chi connectivity index (χ1) is 5.65. The lowest BCUT2D eigenvalue weighted by atomic mass is 10.1. The third-order valence-electron chi connectivity index (χ3n) is 1.65. The molecule has 3 N–H and O–H groups in total. The van der Waals surface area contributed by atoms with E-state index in [1.165, 1.54) is 5.56 Å². The van der Waals surface area contributed by atoms with Gasteiger partial charge in [-0.3, -0.25) is 11.3 Å². The van der Waals surface area contributed by atoms with Crippen molar-refractivity contribution in [1.29, 1.82) is 0 Å². The SMILES string of the molecule is Cc1c(Br)cc(CNN)cc1Br. The lowest BCUT2D eigenvalue weighted by Gasteiger charge is -2.05. The molecule has 66 valence electrons. The van der Waals surface area contributed by atoms with Crippen molar-refractivity contribution in [2.24, 2.45) is 5.84 Å². The van der Waals surface area contributed by atoms with E-state index in [1.54, 1.807) is 0 Å². The van der Waals surface area contributed by atoms with Gasteiger partial charge in [-0.05, 0) is 30.2 Å². The maximum absolute atomic E-state index is 5.22. The summed E-state index contributed by atoms with van der Waals surface area (Å²) in [6, 6.07) is 4.11. The van der Waals surface area contributed by atoms with E-state index in [0.717, 1.165) is 14.5 Å². The predicted octanol–water partition coefficient (Wildman–Crippen LogP) is 2.48. The quantitative estimate of drug-likeness (QED) is 0.649. The lowest BCUT2D eigenvalue weighted by molar-refractivity contribution is 0.740. The van der Waals surface area contributed by atoms with Gasteiger partial charge in [-0.15, -0.1) is 0 Å². The normalized spacial score (nSPS) is 10.3. The zero-order chi connectivity index (χ0) is 9.14. The molecule has 0 spiro atoms. The van der Waals surface area contributed by atoms with Gasteiger partial charge in [-0.25, -0.2) is 0 Å². The van der Waals surface area contributed by atoms with Gasteiger partial charge in [0.1, 0.15) is 0 Å². The molecule has 0 heterocycles. The van der Waals surface area contributed by atoms with Crippen LogP contribution in [0.3, 0.4) is 0 Å². The molecule has 4 heteroatoms. The van der Waals surface area contributed by atoms with E-state index in [4.69, 9.17) is 5.84 Å². The molecule has 0 aliphatic heterocycles. The molecule has 0 atom stereocenters. The maximum atomic E-state index is 5.22. The average Bonchev–Trinajstić information content (AvgIpc) is 2.01. The predicted molar refractivity (Wildman–Crippen MR) is 57.6 cm³/mol. The third kappa shape index (κ3) is 2.29. The number of nitrogens with two attached hydrogens (primary N) is 1. The van der Waals surface area contributed by atoms with Crippen molar-refractivity contribution >= 4 is 31.9 Å². The summed E-state index contributed by atoms with van der Waals surface area (Å²) in [5.74, 6) is 5.22. The van der Waals surface area contributed by atoms with Gasteiger partial charge in [-0.2, -0.15) is 0 Å². The van der Waals surface area contributed by atoms with Crippen LogP contribution in [0.15, 0.2) is 21.1 Å². The summed E-state index contributed by atoms with van der Waals surface area (Å²) in [5, 5.41) is 0. The van der Waals surface area contributed by atoms with E-state index in [2.05, 4.69) is 49.4 Å². The second-order valence-electron chi connectivity index (χ2n) is 2.57. The molecule has 2 nitrogen and oxygen atoms in total. The van der Waals surface area contributed by atoms with Gasteiger partial charge in [0.05, 0.1) is 0 Å². The zero-order valence-electron chi connectivity index (χ0n) is 6.70. The van der Waals surface area contributed by atoms with Gasteiger partial charge < -0.3 is 0 Å². The smallest absolute Gasteiger partial charge is 0.0349 e. The number of nitrogens with one attached hydrogen (secondary N) is 1. The molecule has 0 fully saturated rings. The minimum Gasteiger partial charge on any atom is -0.271 e. The summed E-state index contributed by atoms with van der Waals surface area (Å²) in [7, 11) is 0. The number of hydrogen-bond donors (Lipinski definition) is 2. The lowest BCUT2D eigenvalue weighted by Crippen LogP contribution is -2.20. The number of rotatable bonds is 2. The van der Waals surface area contributed by atoms with Crippen LogP contribution in [0.5, 0.6) is 0 Å². The Bertz CT molecular complexity index is 263. The Balaban J connectivity index is 3.04. The van der Waals surface area contributed by atoms with Gasteiger partial charge in [-0.1, -0.05) is 31.9 Å². The highest BCUT2D eigenvalue weighted by Crippen LogP contribution is 2.26. The first-order valence-electron chi connectivity index (χ1n) is 3.53. The van der Waals surface area contributed by atoms with Crippen LogP contribution < -0.4 is 11.3 Å². The minimum atomic E-state index is 0.678. The summed E-state index contributed by atoms with van der Waals surface area (Å²) in [4.78, 5) is 0.